The number of thiophene rings is 1. The Morgan fingerprint density at radius 2 is 1.76 bits per heavy atom. The van der Waals surface area contributed by atoms with Crippen molar-refractivity contribution in [2.45, 2.75) is 32.9 Å². The zero-order chi connectivity index (χ0) is 15.2. The maximum atomic E-state index is 12.3. The maximum Gasteiger partial charge on any atom is 0.241 e. The van der Waals surface area contributed by atoms with Crippen molar-refractivity contribution >= 4 is 22.9 Å². The Balaban J connectivity index is 1.99. The van der Waals surface area contributed by atoms with Gasteiger partial charge in [-0.1, -0.05) is 38.1 Å². The number of carbonyl (C=O) groups is 1. The first-order valence-electron chi connectivity index (χ1n) is 7.23. The molecular weight excluding hydrogens is 280 g/mol. The van der Waals surface area contributed by atoms with Gasteiger partial charge in [0.15, 0.2) is 0 Å². The summed E-state index contributed by atoms with van der Waals surface area (Å²) in [6.45, 7) is 6.24. The lowest BCUT2D eigenvalue weighted by Crippen LogP contribution is -2.41. The number of nitrogens with one attached hydrogen (secondary N) is 2. The number of carbonyl (C=O) groups excluding carboxylic acids is 1. The molecule has 4 heteroatoms. The van der Waals surface area contributed by atoms with Gasteiger partial charge in [0.2, 0.25) is 5.91 Å². The predicted molar refractivity (Wildman–Crippen MR) is 89.6 cm³/mol. The third-order valence-electron chi connectivity index (χ3n) is 3.38. The summed E-state index contributed by atoms with van der Waals surface area (Å²) < 4.78 is 0. The fraction of sp³-hybridized carbons (Fsp3) is 0.353. The lowest BCUT2D eigenvalue weighted by molar-refractivity contribution is -0.118. The summed E-state index contributed by atoms with van der Waals surface area (Å²) in [5.41, 5.74) is 0.827. The largest absolute Gasteiger partial charge is 0.325 e. The van der Waals surface area contributed by atoms with Crippen LogP contribution in [0.3, 0.4) is 0 Å². The molecule has 1 amide bonds. The minimum Gasteiger partial charge on any atom is -0.325 e. The van der Waals surface area contributed by atoms with E-state index in [4.69, 9.17) is 0 Å². The molecule has 2 atom stereocenters. The molecule has 3 nitrogen and oxygen atoms in total. The van der Waals surface area contributed by atoms with Gasteiger partial charge in [0.05, 0.1) is 6.04 Å². The van der Waals surface area contributed by atoms with Gasteiger partial charge in [-0.25, -0.2) is 0 Å². The van der Waals surface area contributed by atoms with Gasteiger partial charge in [-0.3, -0.25) is 10.1 Å². The second-order valence-electron chi connectivity index (χ2n) is 5.48. The Hall–Kier alpha value is -1.65. The van der Waals surface area contributed by atoms with Gasteiger partial charge < -0.3 is 5.32 Å². The monoisotopic (exact) mass is 302 g/mol. The summed E-state index contributed by atoms with van der Waals surface area (Å²) >= 11 is 1.72. The maximum absolute atomic E-state index is 12.3. The summed E-state index contributed by atoms with van der Waals surface area (Å²) in [5, 5.41) is 8.44. The van der Waals surface area contributed by atoms with E-state index in [2.05, 4.69) is 35.9 Å². The molecule has 0 bridgehead atoms. The molecule has 1 heterocycles. The third-order valence-corrected chi connectivity index (χ3v) is 4.34. The molecule has 0 aliphatic heterocycles. The molecule has 0 aliphatic carbocycles. The lowest BCUT2D eigenvalue weighted by Gasteiger charge is -2.25. The molecule has 0 fully saturated rings. The average Bonchev–Trinajstić information content (AvgIpc) is 2.99. The first kappa shape index (κ1) is 15.7. The number of para-hydroxylation sites is 1. The van der Waals surface area contributed by atoms with Crippen molar-refractivity contribution in [3.8, 4) is 0 Å². The molecule has 112 valence electrons. The fourth-order valence-electron chi connectivity index (χ4n) is 2.19. The molecule has 2 aromatic rings. The third kappa shape index (κ3) is 4.41. The van der Waals surface area contributed by atoms with E-state index < -0.39 is 0 Å². The van der Waals surface area contributed by atoms with Crippen molar-refractivity contribution in [2.24, 2.45) is 5.92 Å². The molecule has 21 heavy (non-hydrogen) atoms. The molecule has 0 saturated heterocycles. The van der Waals surface area contributed by atoms with Crippen LogP contribution in [0.5, 0.6) is 0 Å². The lowest BCUT2D eigenvalue weighted by atomic mass is 10.0. The van der Waals surface area contributed by atoms with Gasteiger partial charge in [-0.15, -0.1) is 11.3 Å². The fourth-order valence-corrected chi connectivity index (χ4v) is 3.15. The van der Waals surface area contributed by atoms with Crippen LogP contribution < -0.4 is 10.6 Å². The van der Waals surface area contributed by atoms with E-state index in [-0.39, 0.29) is 18.0 Å². The molecule has 2 rings (SSSR count). The highest BCUT2D eigenvalue weighted by Crippen LogP contribution is 2.26. The van der Waals surface area contributed by atoms with E-state index in [9.17, 15) is 4.79 Å². The van der Waals surface area contributed by atoms with Gasteiger partial charge in [0, 0.05) is 16.6 Å². The normalized spacial score (nSPS) is 13.9. The number of hydrogen-bond acceptors (Lipinski definition) is 3. The molecule has 1 aromatic heterocycles. The number of anilines is 1. The molecule has 0 aliphatic rings. The average molecular weight is 302 g/mol. The predicted octanol–water partition coefficient (Wildman–Crippen LogP) is 4.06. The zero-order valence-electron chi connectivity index (χ0n) is 12.7. The van der Waals surface area contributed by atoms with Crippen LogP contribution in [0.25, 0.3) is 0 Å². The van der Waals surface area contributed by atoms with E-state index in [1.807, 2.05) is 43.3 Å². The zero-order valence-corrected chi connectivity index (χ0v) is 13.5. The van der Waals surface area contributed by atoms with Crippen molar-refractivity contribution in [1.82, 2.24) is 5.32 Å². The number of benzene rings is 1. The highest BCUT2D eigenvalue weighted by atomic mass is 32.1. The van der Waals surface area contributed by atoms with E-state index >= 15 is 0 Å². The van der Waals surface area contributed by atoms with E-state index in [1.54, 1.807) is 11.3 Å². The summed E-state index contributed by atoms with van der Waals surface area (Å²) in [6.07, 6.45) is 0. The van der Waals surface area contributed by atoms with E-state index in [1.165, 1.54) is 4.88 Å². The second kappa shape index (κ2) is 7.38. The molecule has 0 radical (unpaired) electrons. The first-order chi connectivity index (χ1) is 10.1. The number of hydrogen-bond donors (Lipinski definition) is 2. The van der Waals surface area contributed by atoms with Crippen molar-refractivity contribution in [1.29, 1.82) is 0 Å². The quantitative estimate of drug-likeness (QED) is 0.845. The second-order valence-corrected chi connectivity index (χ2v) is 6.46. The van der Waals surface area contributed by atoms with Crippen LogP contribution in [0.4, 0.5) is 5.69 Å². The Bertz CT molecular complexity index is 551. The highest BCUT2D eigenvalue weighted by molar-refractivity contribution is 7.10. The Kier molecular flexibility index (Phi) is 5.53. The number of rotatable bonds is 6. The van der Waals surface area contributed by atoms with Gasteiger partial charge in [-0.05, 0) is 36.4 Å². The van der Waals surface area contributed by atoms with Crippen molar-refractivity contribution in [2.75, 3.05) is 5.32 Å². The number of amides is 1. The minimum absolute atomic E-state index is 0.0107. The van der Waals surface area contributed by atoms with Crippen LogP contribution in [-0.4, -0.2) is 11.9 Å². The topological polar surface area (TPSA) is 41.1 Å². The molecular formula is C17H22N2OS. The van der Waals surface area contributed by atoms with E-state index in [0.29, 0.717) is 5.92 Å². The Morgan fingerprint density at radius 3 is 2.33 bits per heavy atom. The van der Waals surface area contributed by atoms with E-state index in [0.717, 1.165) is 5.69 Å². The van der Waals surface area contributed by atoms with Gasteiger partial charge in [0.1, 0.15) is 0 Å². The smallest absolute Gasteiger partial charge is 0.241 e. The SMILES string of the molecule is CC(NC(c1cccs1)C(C)C)C(=O)Nc1ccccc1. The van der Waals surface area contributed by atoms with Crippen LogP contribution in [0.1, 0.15) is 31.7 Å². The summed E-state index contributed by atoms with van der Waals surface area (Å²) in [6, 6.07) is 13.7. The highest BCUT2D eigenvalue weighted by Gasteiger charge is 2.22. The molecule has 2 unspecified atom stereocenters. The summed E-state index contributed by atoms with van der Waals surface area (Å²) in [4.78, 5) is 13.5. The molecule has 1 aromatic carbocycles. The van der Waals surface area contributed by atoms with Crippen LogP contribution in [0, 0.1) is 5.92 Å². The van der Waals surface area contributed by atoms with Crippen molar-refractivity contribution in [3.63, 3.8) is 0 Å². The van der Waals surface area contributed by atoms with Crippen LogP contribution >= 0.6 is 11.3 Å². The van der Waals surface area contributed by atoms with Crippen LogP contribution in [-0.2, 0) is 4.79 Å². The Labute approximate surface area is 130 Å². The molecule has 2 N–H and O–H groups in total. The van der Waals surface area contributed by atoms with Crippen molar-refractivity contribution in [3.05, 3.63) is 52.7 Å². The summed E-state index contributed by atoms with van der Waals surface area (Å²) in [7, 11) is 0. The van der Waals surface area contributed by atoms with Crippen LogP contribution in [0.2, 0.25) is 0 Å². The van der Waals surface area contributed by atoms with Crippen molar-refractivity contribution < 1.29 is 4.79 Å². The standard InChI is InChI=1S/C17H22N2OS/c1-12(2)16(15-10-7-11-21-15)18-13(3)17(20)19-14-8-5-4-6-9-14/h4-13,16,18H,1-3H3,(H,19,20). The molecule has 0 saturated carbocycles. The van der Waals surface area contributed by atoms with Crippen LogP contribution in [0.15, 0.2) is 47.8 Å². The summed E-state index contributed by atoms with van der Waals surface area (Å²) in [5.74, 6) is 0.416. The minimum atomic E-state index is -0.250. The van der Waals surface area contributed by atoms with Gasteiger partial charge in [-0.2, -0.15) is 0 Å². The molecule has 0 spiro atoms. The van der Waals surface area contributed by atoms with Gasteiger partial charge in [0.25, 0.3) is 0 Å². The van der Waals surface area contributed by atoms with Gasteiger partial charge >= 0.3 is 0 Å². The first-order valence-corrected chi connectivity index (χ1v) is 8.11. The Morgan fingerprint density at radius 1 is 1.05 bits per heavy atom.